The number of phenolic OH excluding ortho intramolecular Hbond substituents is 3. The molecule has 0 aliphatic carbocycles. The van der Waals surface area contributed by atoms with Gasteiger partial charge in [0, 0.05) is 16.9 Å². The topological polar surface area (TPSA) is 90.9 Å². The lowest BCUT2D eigenvalue weighted by Crippen LogP contribution is -2.46. The zero-order valence-electron chi connectivity index (χ0n) is 11.3. The Balaban J connectivity index is 1.97. The van der Waals surface area contributed by atoms with Crippen LogP contribution in [0.2, 0.25) is 0 Å². The molecule has 3 N–H and O–H groups in total. The van der Waals surface area contributed by atoms with Gasteiger partial charge in [0.1, 0.15) is 0 Å². The van der Waals surface area contributed by atoms with Crippen molar-refractivity contribution in [3.8, 4) is 17.2 Å². The van der Waals surface area contributed by atoms with Gasteiger partial charge in [0.25, 0.3) is 5.52 Å². The van der Waals surface area contributed by atoms with Gasteiger partial charge in [-0.05, 0) is 24.3 Å². The minimum atomic E-state index is -0.785. The predicted molar refractivity (Wildman–Crippen MR) is 76.5 cm³/mol. The van der Waals surface area contributed by atoms with Gasteiger partial charge in [0.05, 0.1) is 10.9 Å². The number of nitrogens with zero attached hydrogens (tertiary/aromatic N) is 1. The normalized spacial score (nSPS) is 10.5. The molecule has 3 aromatic rings. The van der Waals surface area contributed by atoms with Gasteiger partial charge in [-0.25, -0.2) is 4.79 Å². The van der Waals surface area contributed by atoms with Crippen molar-refractivity contribution in [3.05, 3.63) is 60.3 Å². The maximum Gasteiger partial charge on any atom is 0.411 e. The van der Waals surface area contributed by atoms with Gasteiger partial charge in [-0.15, -0.1) is 0 Å². The van der Waals surface area contributed by atoms with Crippen LogP contribution in [-0.4, -0.2) is 21.3 Å². The van der Waals surface area contributed by atoms with E-state index in [0.717, 1.165) is 17.5 Å². The van der Waals surface area contributed by atoms with Crippen LogP contribution in [-0.2, 0) is 0 Å². The van der Waals surface area contributed by atoms with Crippen molar-refractivity contribution in [3.63, 3.8) is 0 Å². The molecule has 0 amide bonds. The van der Waals surface area contributed by atoms with Crippen LogP contribution in [0.25, 0.3) is 10.9 Å². The Morgan fingerprint density at radius 1 is 0.955 bits per heavy atom. The van der Waals surface area contributed by atoms with Crippen LogP contribution in [0.15, 0.2) is 54.7 Å². The molecule has 0 unspecified atom stereocenters. The second kappa shape index (κ2) is 5.25. The molecule has 0 radical (unpaired) electrons. The number of aromatic hydroxyl groups is 3. The van der Waals surface area contributed by atoms with E-state index in [-0.39, 0.29) is 5.56 Å². The number of benzene rings is 2. The number of carbonyl (C=O) groups excluding carboxylic acids is 1. The van der Waals surface area contributed by atoms with Gasteiger partial charge in [0.15, 0.2) is 17.2 Å². The molecule has 0 spiro atoms. The minimum absolute atomic E-state index is 0.0896. The second-order valence-electron chi connectivity index (χ2n) is 4.63. The Morgan fingerprint density at radius 3 is 2.32 bits per heavy atom. The van der Waals surface area contributed by atoms with Gasteiger partial charge >= 0.3 is 5.97 Å². The highest BCUT2D eigenvalue weighted by atomic mass is 16.7. The number of pyridine rings is 1. The molecule has 0 saturated heterocycles. The summed E-state index contributed by atoms with van der Waals surface area (Å²) in [4.78, 5) is 17.4. The first kappa shape index (κ1) is 13.7. The van der Waals surface area contributed by atoms with Crippen LogP contribution in [0.3, 0.4) is 0 Å². The number of carbonyl (C=O) groups is 1. The maximum atomic E-state index is 12.1. The Kier molecular flexibility index (Phi) is 3.27. The van der Waals surface area contributed by atoms with E-state index < -0.39 is 23.2 Å². The average molecular weight is 298 g/mol. The van der Waals surface area contributed by atoms with E-state index in [0.29, 0.717) is 5.52 Å². The van der Waals surface area contributed by atoms with E-state index in [1.165, 1.54) is 4.73 Å². The van der Waals surface area contributed by atoms with Crippen molar-refractivity contribution in [2.24, 2.45) is 0 Å². The third kappa shape index (κ3) is 2.37. The molecule has 1 heterocycles. The van der Waals surface area contributed by atoms with Crippen LogP contribution >= 0.6 is 0 Å². The number of aromatic nitrogens is 1. The number of hydrogen-bond acceptors (Lipinski definition) is 5. The van der Waals surface area contributed by atoms with Crippen molar-refractivity contribution in [1.29, 1.82) is 0 Å². The van der Waals surface area contributed by atoms with E-state index in [1.54, 1.807) is 18.3 Å². The van der Waals surface area contributed by atoms with Crippen molar-refractivity contribution in [1.82, 2.24) is 0 Å². The predicted octanol–water partition coefficient (Wildman–Crippen LogP) is 1.51. The third-order valence-corrected chi connectivity index (χ3v) is 3.16. The quantitative estimate of drug-likeness (QED) is 0.493. The van der Waals surface area contributed by atoms with Crippen LogP contribution in [0.1, 0.15) is 10.4 Å². The molecule has 22 heavy (non-hydrogen) atoms. The molecule has 3 rings (SSSR count). The Morgan fingerprint density at radius 2 is 1.59 bits per heavy atom. The molecular weight excluding hydrogens is 286 g/mol. The van der Waals surface area contributed by atoms with Gasteiger partial charge in [-0.1, -0.05) is 12.1 Å². The highest BCUT2D eigenvalue weighted by Crippen LogP contribution is 2.35. The number of phenols is 3. The molecule has 0 aliphatic heterocycles. The van der Waals surface area contributed by atoms with Gasteiger partial charge < -0.3 is 15.3 Å². The summed E-state index contributed by atoms with van der Waals surface area (Å²) >= 11 is 0. The summed E-state index contributed by atoms with van der Waals surface area (Å²) in [5, 5.41) is 29.1. The van der Waals surface area contributed by atoms with Crippen LogP contribution < -0.4 is 9.57 Å². The lowest BCUT2D eigenvalue weighted by molar-refractivity contribution is -0.847. The monoisotopic (exact) mass is 298 g/mol. The van der Waals surface area contributed by atoms with Crippen molar-refractivity contribution in [2.45, 2.75) is 0 Å². The highest BCUT2D eigenvalue weighted by Gasteiger charge is 2.20. The van der Waals surface area contributed by atoms with Crippen molar-refractivity contribution in [2.75, 3.05) is 0 Å². The van der Waals surface area contributed by atoms with E-state index in [4.69, 9.17) is 4.84 Å². The van der Waals surface area contributed by atoms with Gasteiger partial charge in [-0.2, -0.15) is 4.84 Å². The smallest absolute Gasteiger partial charge is 0.411 e. The molecule has 6 nitrogen and oxygen atoms in total. The summed E-state index contributed by atoms with van der Waals surface area (Å²) in [6.07, 6.45) is 1.57. The largest absolute Gasteiger partial charge is 0.504 e. The minimum Gasteiger partial charge on any atom is -0.504 e. The van der Waals surface area contributed by atoms with Crippen molar-refractivity contribution < 1.29 is 29.7 Å². The highest BCUT2D eigenvalue weighted by molar-refractivity contribution is 5.91. The summed E-state index contributed by atoms with van der Waals surface area (Å²) < 4.78 is 1.29. The molecule has 0 aliphatic rings. The maximum absolute atomic E-state index is 12.1. The third-order valence-electron chi connectivity index (χ3n) is 3.16. The van der Waals surface area contributed by atoms with Gasteiger partial charge in [-0.3, -0.25) is 0 Å². The van der Waals surface area contributed by atoms with Crippen LogP contribution in [0, 0.1) is 0 Å². The van der Waals surface area contributed by atoms with E-state index in [9.17, 15) is 20.1 Å². The molecule has 0 saturated carbocycles. The first-order chi connectivity index (χ1) is 10.6. The first-order valence-corrected chi connectivity index (χ1v) is 6.43. The van der Waals surface area contributed by atoms with Crippen LogP contribution in [0.5, 0.6) is 17.2 Å². The van der Waals surface area contributed by atoms with Crippen LogP contribution in [0.4, 0.5) is 0 Å². The second-order valence-corrected chi connectivity index (χ2v) is 4.63. The molecule has 0 fully saturated rings. The molecular formula is C16H12NO5+. The fourth-order valence-corrected chi connectivity index (χ4v) is 2.08. The zero-order chi connectivity index (χ0) is 15.7. The number of rotatable bonds is 2. The summed E-state index contributed by atoms with van der Waals surface area (Å²) in [5.41, 5.74) is 0.596. The lowest BCUT2D eigenvalue weighted by atomic mass is 10.2. The number of para-hydroxylation sites is 1. The first-order valence-electron chi connectivity index (χ1n) is 6.43. The SMILES string of the molecule is O=C(O[n+]1cccc2ccccc21)c1cc(O)c(O)c(O)c1. The van der Waals surface area contributed by atoms with E-state index in [1.807, 2.05) is 24.3 Å². The van der Waals surface area contributed by atoms with E-state index in [2.05, 4.69) is 0 Å². The summed E-state index contributed by atoms with van der Waals surface area (Å²) in [6, 6.07) is 13.0. The fraction of sp³-hybridized carbons (Fsp3) is 0. The lowest BCUT2D eigenvalue weighted by Gasteiger charge is -2.04. The Hall–Kier alpha value is -3.28. The molecule has 1 aromatic heterocycles. The number of fused-ring (bicyclic) bond motifs is 1. The molecule has 2 aromatic carbocycles. The Labute approximate surface area is 125 Å². The molecule has 6 heteroatoms. The molecule has 110 valence electrons. The standard InChI is InChI=1S/C16H11NO5/c18-13-8-11(9-14(19)15(13)20)16(21)22-17-7-3-5-10-4-1-2-6-12(10)17/h1-9H,(H2-,18,19,20,21)/p+1. The Bertz CT molecular complexity index is 847. The number of hydrogen-bond donors (Lipinski definition) is 3. The van der Waals surface area contributed by atoms with E-state index >= 15 is 0 Å². The summed E-state index contributed by atoms with van der Waals surface area (Å²) in [6.45, 7) is 0. The van der Waals surface area contributed by atoms with Crippen molar-refractivity contribution >= 4 is 16.9 Å². The summed E-state index contributed by atoms with van der Waals surface area (Å²) in [7, 11) is 0. The summed E-state index contributed by atoms with van der Waals surface area (Å²) in [5.74, 6) is -2.67. The average Bonchev–Trinajstić information content (AvgIpc) is 2.52. The molecule has 0 atom stereocenters. The fourth-order valence-electron chi connectivity index (χ4n) is 2.08. The van der Waals surface area contributed by atoms with Gasteiger partial charge in [0.2, 0.25) is 6.20 Å². The molecule has 0 bridgehead atoms. The zero-order valence-corrected chi connectivity index (χ0v) is 11.3.